The summed E-state index contributed by atoms with van der Waals surface area (Å²) in [6.45, 7) is 0. The van der Waals surface area contributed by atoms with Gasteiger partial charge in [0.2, 0.25) is 5.13 Å². The van der Waals surface area contributed by atoms with E-state index in [0.717, 1.165) is 15.0 Å². The first kappa shape index (κ1) is 12.9. The summed E-state index contributed by atoms with van der Waals surface area (Å²) in [5, 5.41) is 13.8. The summed E-state index contributed by atoms with van der Waals surface area (Å²) >= 11 is 2.87. The van der Waals surface area contributed by atoms with E-state index in [2.05, 4.69) is 25.5 Å². The van der Waals surface area contributed by atoms with E-state index in [0.29, 0.717) is 16.5 Å². The number of fused-ring (bicyclic) bond motifs is 1. The third-order valence-corrected chi connectivity index (χ3v) is 4.98. The molecule has 1 aromatic carbocycles. The molecule has 0 unspecified atom stereocenters. The predicted octanol–water partition coefficient (Wildman–Crippen LogP) is 3.35. The Morgan fingerprint density at radius 3 is 3.00 bits per heavy atom. The van der Waals surface area contributed by atoms with E-state index in [1.165, 1.54) is 54.4 Å². The number of aromatic nitrogens is 4. The highest BCUT2D eigenvalue weighted by Gasteiger charge is 2.22. The molecule has 3 aromatic rings. The third-order valence-electron chi connectivity index (χ3n) is 3.06. The number of anilines is 1. The Bertz CT molecular complexity index is 802. The minimum Gasteiger partial charge on any atom is -0.357 e. The molecule has 106 valence electrons. The molecule has 1 saturated carbocycles. The molecule has 0 spiro atoms. The average molecular weight is 319 g/mol. The van der Waals surface area contributed by atoms with Crippen LogP contribution in [0.1, 0.15) is 12.8 Å². The molecule has 0 atom stereocenters. The zero-order valence-electron chi connectivity index (χ0n) is 10.8. The summed E-state index contributed by atoms with van der Waals surface area (Å²) in [4.78, 5) is 8.37. The number of hydrogen-bond donors (Lipinski definition) is 1. The smallest absolute Gasteiger partial charge is 0.206 e. The summed E-state index contributed by atoms with van der Waals surface area (Å²) < 4.78 is 14.2. The lowest BCUT2D eigenvalue weighted by molar-refractivity contribution is 0.629. The molecule has 2 heterocycles. The number of halogens is 1. The minimum absolute atomic E-state index is 0.299. The van der Waals surface area contributed by atoms with Crippen LogP contribution in [0.5, 0.6) is 0 Å². The van der Waals surface area contributed by atoms with Gasteiger partial charge in [-0.15, -0.1) is 10.2 Å². The van der Waals surface area contributed by atoms with E-state index in [1.807, 2.05) is 0 Å². The van der Waals surface area contributed by atoms with Gasteiger partial charge < -0.3 is 5.32 Å². The van der Waals surface area contributed by atoms with Crippen LogP contribution in [-0.4, -0.2) is 26.2 Å². The quantitative estimate of drug-likeness (QED) is 0.744. The summed E-state index contributed by atoms with van der Waals surface area (Å²) in [6.07, 6.45) is 3.86. The Hall–Kier alpha value is -1.80. The van der Waals surface area contributed by atoms with E-state index >= 15 is 0 Å². The summed E-state index contributed by atoms with van der Waals surface area (Å²) in [7, 11) is 0. The SMILES string of the molecule is Fc1ccc2ncnc(Sc3nnc(NC4CC4)s3)c2c1. The van der Waals surface area contributed by atoms with E-state index in [-0.39, 0.29) is 5.82 Å². The van der Waals surface area contributed by atoms with Crippen molar-refractivity contribution in [2.24, 2.45) is 0 Å². The molecular weight excluding hydrogens is 309 g/mol. The van der Waals surface area contributed by atoms with Crippen LogP contribution < -0.4 is 5.32 Å². The van der Waals surface area contributed by atoms with Gasteiger partial charge in [-0.1, -0.05) is 11.3 Å². The van der Waals surface area contributed by atoms with Crippen LogP contribution >= 0.6 is 23.1 Å². The molecule has 0 radical (unpaired) electrons. The van der Waals surface area contributed by atoms with E-state index < -0.39 is 0 Å². The van der Waals surface area contributed by atoms with Gasteiger partial charge in [-0.05, 0) is 42.8 Å². The molecule has 4 rings (SSSR count). The zero-order chi connectivity index (χ0) is 14.2. The van der Waals surface area contributed by atoms with Crippen molar-refractivity contribution in [3.8, 4) is 0 Å². The number of nitrogens with one attached hydrogen (secondary N) is 1. The normalized spacial score (nSPS) is 14.5. The highest BCUT2D eigenvalue weighted by molar-refractivity contribution is 8.01. The molecule has 1 N–H and O–H groups in total. The van der Waals surface area contributed by atoms with Gasteiger partial charge >= 0.3 is 0 Å². The number of nitrogens with zero attached hydrogens (tertiary/aromatic N) is 4. The lowest BCUT2D eigenvalue weighted by Crippen LogP contribution is -1.99. The van der Waals surface area contributed by atoms with Crippen molar-refractivity contribution in [3.63, 3.8) is 0 Å². The molecular formula is C13H10FN5S2. The van der Waals surface area contributed by atoms with Crippen molar-refractivity contribution in [2.75, 3.05) is 5.32 Å². The fourth-order valence-electron chi connectivity index (χ4n) is 1.88. The van der Waals surface area contributed by atoms with Crippen LogP contribution in [0.15, 0.2) is 33.9 Å². The highest BCUT2D eigenvalue weighted by Crippen LogP contribution is 2.35. The topological polar surface area (TPSA) is 63.6 Å². The van der Waals surface area contributed by atoms with E-state index in [4.69, 9.17) is 0 Å². The fraction of sp³-hybridized carbons (Fsp3) is 0.231. The standard InChI is InChI=1S/C13H10FN5S2/c14-7-1-4-10-9(5-7)11(16-6-15-10)20-13-19-18-12(21-13)17-8-2-3-8/h1,4-6,8H,2-3H2,(H,17,18). The van der Waals surface area contributed by atoms with Gasteiger partial charge in [0.05, 0.1) is 5.52 Å². The molecule has 0 saturated heterocycles. The lowest BCUT2D eigenvalue weighted by Gasteiger charge is -2.02. The molecule has 0 bridgehead atoms. The second-order valence-corrected chi connectivity index (χ2v) is 6.95. The third kappa shape index (κ3) is 2.81. The zero-order valence-corrected chi connectivity index (χ0v) is 12.4. The van der Waals surface area contributed by atoms with Crippen LogP contribution in [0, 0.1) is 5.82 Å². The Labute approximate surface area is 128 Å². The van der Waals surface area contributed by atoms with Gasteiger partial charge in [0.15, 0.2) is 4.34 Å². The molecule has 0 amide bonds. The van der Waals surface area contributed by atoms with Crippen LogP contribution in [0.2, 0.25) is 0 Å². The Morgan fingerprint density at radius 1 is 1.24 bits per heavy atom. The predicted molar refractivity (Wildman–Crippen MR) is 80.2 cm³/mol. The fourth-order valence-corrected chi connectivity index (χ4v) is 3.70. The Morgan fingerprint density at radius 2 is 2.14 bits per heavy atom. The van der Waals surface area contributed by atoms with E-state index in [1.54, 1.807) is 6.07 Å². The van der Waals surface area contributed by atoms with Crippen LogP contribution in [0.4, 0.5) is 9.52 Å². The molecule has 1 aliphatic carbocycles. The number of rotatable bonds is 4. The highest BCUT2D eigenvalue weighted by atomic mass is 32.2. The van der Waals surface area contributed by atoms with Crippen molar-refractivity contribution in [1.29, 1.82) is 0 Å². The van der Waals surface area contributed by atoms with Gasteiger partial charge in [0.25, 0.3) is 0 Å². The van der Waals surface area contributed by atoms with E-state index in [9.17, 15) is 4.39 Å². The second-order valence-electron chi connectivity index (χ2n) is 4.73. The lowest BCUT2D eigenvalue weighted by atomic mass is 10.2. The Balaban J connectivity index is 1.63. The molecule has 1 aliphatic rings. The van der Waals surface area contributed by atoms with Gasteiger partial charge in [-0.3, -0.25) is 0 Å². The Kier molecular flexibility index (Phi) is 3.19. The van der Waals surface area contributed by atoms with Crippen LogP contribution in [-0.2, 0) is 0 Å². The van der Waals surface area contributed by atoms with Gasteiger partial charge in [0, 0.05) is 11.4 Å². The monoisotopic (exact) mass is 319 g/mol. The minimum atomic E-state index is -0.299. The average Bonchev–Trinajstić information content (AvgIpc) is 3.18. The van der Waals surface area contributed by atoms with Crippen LogP contribution in [0.25, 0.3) is 10.9 Å². The summed E-state index contributed by atoms with van der Waals surface area (Å²) in [5.41, 5.74) is 0.717. The molecule has 1 fully saturated rings. The number of hydrogen-bond acceptors (Lipinski definition) is 7. The molecule has 2 aromatic heterocycles. The van der Waals surface area contributed by atoms with Crippen molar-refractivity contribution >= 4 is 39.1 Å². The van der Waals surface area contributed by atoms with Gasteiger partial charge in [-0.25, -0.2) is 14.4 Å². The van der Waals surface area contributed by atoms with Crippen LogP contribution in [0.3, 0.4) is 0 Å². The second kappa shape index (κ2) is 5.19. The van der Waals surface area contributed by atoms with Crippen molar-refractivity contribution in [1.82, 2.24) is 20.2 Å². The molecule has 0 aliphatic heterocycles. The number of benzene rings is 1. The molecule has 8 heteroatoms. The van der Waals surface area contributed by atoms with Crippen molar-refractivity contribution in [3.05, 3.63) is 30.3 Å². The van der Waals surface area contributed by atoms with Gasteiger partial charge in [-0.2, -0.15) is 0 Å². The maximum absolute atomic E-state index is 13.4. The largest absolute Gasteiger partial charge is 0.357 e. The maximum atomic E-state index is 13.4. The first-order valence-corrected chi connectivity index (χ1v) is 8.09. The summed E-state index contributed by atoms with van der Waals surface area (Å²) in [5.74, 6) is -0.299. The molecule has 21 heavy (non-hydrogen) atoms. The maximum Gasteiger partial charge on any atom is 0.206 e. The van der Waals surface area contributed by atoms with Gasteiger partial charge in [0.1, 0.15) is 17.2 Å². The summed E-state index contributed by atoms with van der Waals surface area (Å²) in [6, 6.07) is 5.04. The van der Waals surface area contributed by atoms with Crippen molar-refractivity contribution < 1.29 is 4.39 Å². The first-order valence-electron chi connectivity index (χ1n) is 6.46. The van der Waals surface area contributed by atoms with Crippen molar-refractivity contribution in [2.45, 2.75) is 28.2 Å². The first-order chi connectivity index (χ1) is 10.3. The molecule has 5 nitrogen and oxygen atoms in total.